The number of aromatic nitrogens is 1. The number of fused-ring (bicyclic) bond motifs is 3. The molecule has 2 aromatic rings. The van der Waals surface area contributed by atoms with Crippen LogP contribution in [0.15, 0.2) is 18.2 Å². The van der Waals surface area contributed by atoms with Crippen LogP contribution in [-0.4, -0.2) is 16.0 Å². The maximum atomic E-state index is 10.8. The van der Waals surface area contributed by atoms with Crippen LogP contribution in [0.4, 0.5) is 5.69 Å². The summed E-state index contributed by atoms with van der Waals surface area (Å²) >= 11 is 0. The number of hydrogen-bond donors (Lipinski definition) is 1. The van der Waals surface area contributed by atoms with Gasteiger partial charge >= 0.3 is 0 Å². The SMILES string of the molecule is Cn1c2c(c3ccc([N+](=O)[O-])cc31)CNCC2. The van der Waals surface area contributed by atoms with E-state index in [1.54, 1.807) is 12.1 Å². The second-order valence-electron chi connectivity index (χ2n) is 4.37. The van der Waals surface area contributed by atoms with Crippen molar-refractivity contribution in [3.8, 4) is 0 Å². The van der Waals surface area contributed by atoms with Crippen molar-refractivity contribution in [3.05, 3.63) is 39.6 Å². The van der Waals surface area contributed by atoms with E-state index in [1.807, 2.05) is 13.1 Å². The van der Waals surface area contributed by atoms with Crippen LogP contribution in [0.3, 0.4) is 0 Å². The number of benzene rings is 1. The number of non-ortho nitro benzene ring substituents is 1. The Morgan fingerprint density at radius 3 is 3.06 bits per heavy atom. The van der Waals surface area contributed by atoms with E-state index < -0.39 is 0 Å². The minimum Gasteiger partial charge on any atom is -0.347 e. The van der Waals surface area contributed by atoms with Crippen LogP contribution in [0.2, 0.25) is 0 Å². The third kappa shape index (κ3) is 1.43. The summed E-state index contributed by atoms with van der Waals surface area (Å²) in [5.74, 6) is 0. The molecule has 17 heavy (non-hydrogen) atoms. The van der Waals surface area contributed by atoms with Crippen molar-refractivity contribution in [1.82, 2.24) is 9.88 Å². The molecule has 1 aliphatic rings. The Morgan fingerprint density at radius 1 is 1.47 bits per heavy atom. The highest BCUT2D eigenvalue weighted by Crippen LogP contribution is 2.30. The van der Waals surface area contributed by atoms with Crippen LogP contribution < -0.4 is 5.32 Å². The fraction of sp³-hybridized carbons (Fsp3) is 0.333. The van der Waals surface area contributed by atoms with Crippen molar-refractivity contribution < 1.29 is 4.92 Å². The second kappa shape index (κ2) is 3.56. The van der Waals surface area contributed by atoms with Crippen molar-refractivity contribution in [2.45, 2.75) is 13.0 Å². The molecule has 0 aliphatic carbocycles. The summed E-state index contributed by atoms with van der Waals surface area (Å²) in [5.41, 5.74) is 3.68. The van der Waals surface area contributed by atoms with Crippen LogP contribution in [0, 0.1) is 10.1 Å². The van der Waals surface area contributed by atoms with Crippen molar-refractivity contribution in [1.29, 1.82) is 0 Å². The van der Waals surface area contributed by atoms with Gasteiger partial charge in [-0.2, -0.15) is 0 Å². The molecular weight excluding hydrogens is 218 g/mol. The van der Waals surface area contributed by atoms with Gasteiger partial charge in [-0.15, -0.1) is 0 Å². The lowest BCUT2D eigenvalue weighted by Crippen LogP contribution is -2.24. The average molecular weight is 231 g/mol. The third-order valence-corrected chi connectivity index (χ3v) is 3.47. The third-order valence-electron chi connectivity index (χ3n) is 3.47. The summed E-state index contributed by atoms with van der Waals surface area (Å²) < 4.78 is 2.08. The van der Waals surface area contributed by atoms with Crippen molar-refractivity contribution in [2.24, 2.45) is 7.05 Å². The Labute approximate surface area is 98.2 Å². The molecule has 0 atom stereocenters. The molecule has 3 rings (SSSR count). The Morgan fingerprint density at radius 2 is 2.29 bits per heavy atom. The number of nitro groups is 1. The molecule has 1 aromatic heterocycles. The van der Waals surface area contributed by atoms with E-state index in [1.165, 1.54) is 11.3 Å². The molecule has 0 unspecified atom stereocenters. The largest absolute Gasteiger partial charge is 0.347 e. The Kier molecular flexibility index (Phi) is 2.16. The first-order valence-corrected chi connectivity index (χ1v) is 5.64. The van der Waals surface area contributed by atoms with Crippen LogP contribution in [0.5, 0.6) is 0 Å². The summed E-state index contributed by atoms with van der Waals surface area (Å²) in [5, 5.41) is 15.2. The molecule has 1 aliphatic heterocycles. The lowest BCUT2D eigenvalue weighted by Gasteiger charge is -2.14. The molecule has 88 valence electrons. The lowest BCUT2D eigenvalue weighted by atomic mass is 10.1. The molecule has 0 fully saturated rings. The van der Waals surface area contributed by atoms with Gasteiger partial charge in [0.25, 0.3) is 5.69 Å². The Bertz CT molecular complexity index is 616. The van der Waals surface area contributed by atoms with E-state index in [-0.39, 0.29) is 10.6 Å². The van der Waals surface area contributed by atoms with Gasteiger partial charge in [0.1, 0.15) is 0 Å². The van der Waals surface area contributed by atoms with Crippen LogP contribution in [0.1, 0.15) is 11.3 Å². The fourth-order valence-corrected chi connectivity index (χ4v) is 2.61. The maximum Gasteiger partial charge on any atom is 0.271 e. The van der Waals surface area contributed by atoms with Crippen LogP contribution in [-0.2, 0) is 20.0 Å². The van der Waals surface area contributed by atoms with E-state index in [0.717, 1.165) is 30.4 Å². The smallest absolute Gasteiger partial charge is 0.271 e. The molecule has 5 nitrogen and oxygen atoms in total. The number of aryl methyl sites for hydroxylation is 1. The summed E-state index contributed by atoms with van der Waals surface area (Å²) in [4.78, 5) is 10.4. The first-order chi connectivity index (χ1) is 8.18. The number of nitrogens with one attached hydrogen (secondary N) is 1. The zero-order valence-corrected chi connectivity index (χ0v) is 9.56. The first-order valence-electron chi connectivity index (χ1n) is 5.64. The van der Waals surface area contributed by atoms with Crippen LogP contribution >= 0.6 is 0 Å². The van der Waals surface area contributed by atoms with Gasteiger partial charge in [0.05, 0.1) is 10.4 Å². The number of nitro benzene ring substituents is 1. The zero-order valence-electron chi connectivity index (χ0n) is 9.56. The van der Waals surface area contributed by atoms with Gasteiger partial charge < -0.3 is 9.88 Å². The highest BCUT2D eigenvalue weighted by atomic mass is 16.6. The molecule has 0 saturated carbocycles. The Hall–Kier alpha value is -1.88. The van der Waals surface area contributed by atoms with E-state index in [2.05, 4.69) is 9.88 Å². The predicted octanol–water partition coefficient (Wildman–Crippen LogP) is 1.73. The predicted molar refractivity (Wildman–Crippen MR) is 65.0 cm³/mol. The summed E-state index contributed by atoms with van der Waals surface area (Å²) in [6, 6.07) is 5.10. The quantitative estimate of drug-likeness (QED) is 0.600. The molecule has 5 heteroatoms. The Balaban J connectivity index is 2.30. The van der Waals surface area contributed by atoms with Crippen LogP contribution in [0.25, 0.3) is 10.9 Å². The van der Waals surface area contributed by atoms with E-state index in [4.69, 9.17) is 0 Å². The van der Waals surface area contributed by atoms with Gasteiger partial charge in [-0.05, 0) is 11.6 Å². The van der Waals surface area contributed by atoms with Gasteiger partial charge in [0.15, 0.2) is 0 Å². The topological polar surface area (TPSA) is 60.1 Å². The molecule has 1 aromatic carbocycles. The molecule has 0 bridgehead atoms. The van der Waals surface area contributed by atoms with Gasteiger partial charge in [0, 0.05) is 49.8 Å². The molecular formula is C12H13N3O2. The van der Waals surface area contributed by atoms with Gasteiger partial charge in [-0.25, -0.2) is 0 Å². The normalized spacial score (nSPS) is 14.9. The molecule has 0 saturated heterocycles. The first kappa shape index (κ1) is 10.3. The van der Waals surface area contributed by atoms with Gasteiger partial charge in [0.2, 0.25) is 0 Å². The summed E-state index contributed by atoms with van der Waals surface area (Å²) in [6.45, 7) is 1.82. The summed E-state index contributed by atoms with van der Waals surface area (Å²) in [7, 11) is 1.98. The average Bonchev–Trinajstić information content (AvgIpc) is 2.64. The lowest BCUT2D eigenvalue weighted by molar-refractivity contribution is -0.384. The number of nitrogens with zero attached hydrogens (tertiary/aromatic N) is 2. The second-order valence-corrected chi connectivity index (χ2v) is 4.37. The van der Waals surface area contributed by atoms with Crippen molar-refractivity contribution in [2.75, 3.05) is 6.54 Å². The monoisotopic (exact) mass is 231 g/mol. The molecule has 0 amide bonds. The van der Waals surface area contributed by atoms with Crippen molar-refractivity contribution >= 4 is 16.6 Å². The van der Waals surface area contributed by atoms with Gasteiger partial charge in [-0.3, -0.25) is 10.1 Å². The minimum atomic E-state index is -0.344. The summed E-state index contributed by atoms with van der Waals surface area (Å²) in [6.07, 6.45) is 0.980. The van der Waals surface area contributed by atoms with Gasteiger partial charge in [-0.1, -0.05) is 0 Å². The molecule has 1 N–H and O–H groups in total. The fourth-order valence-electron chi connectivity index (χ4n) is 2.61. The maximum absolute atomic E-state index is 10.8. The highest BCUT2D eigenvalue weighted by Gasteiger charge is 2.19. The number of hydrogen-bond acceptors (Lipinski definition) is 3. The molecule has 2 heterocycles. The molecule has 0 radical (unpaired) electrons. The zero-order chi connectivity index (χ0) is 12.0. The van der Waals surface area contributed by atoms with E-state index >= 15 is 0 Å². The number of rotatable bonds is 1. The van der Waals surface area contributed by atoms with E-state index in [0.29, 0.717) is 0 Å². The highest BCUT2D eigenvalue weighted by molar-refractivity contribution is 5.87. The van der Waals surface area contributed by atoms with Crippen molar-refractivity contribution in [3.63, 3.8) is 0 Å². The molecule has 0 spiro atoms. The standard InChI is InChI=1S/C12H13N3O2/c1-14-11-4-5-13-7-10(11)9-3-2-8(15(16)17)6-12(9)14/h2-3,6,13H,4-5,7H2,1H3. The minimum absolute atomic E-state index is 0.156. The van der Waals surface area contributed by atoms with E-state index in [9.17, 15) is 10.1 Å².